The average Bonchev–Trinajstić information content (AvgIpc) is 2.82. The number of guanidine groups is 1. The molecule has 8 heteroatoms. The van der Waals surface area contributed by atoms with E-state index in [4.69, 9.17) is 19.2 Å². The van der Waals surface area contributed by atoms with E-state index in [0.29, 0.717) is 6.54 Å². The molecule has 0 spiro atoms. The van der Waals surface area contributed by atoms with E-state index >= 15 is 0 Å². The Labute approximate surface area is 208 Å². The molecule has 2 aromatic carbocycles. The van der Waals surface area contributed by atoms with Crippen molar-refractivity contribution in [1.29, 1.82) is 0 Å². The average molecular weight is 554 g/mol. The second kappa shape index (κ2) is 13.5. The summed E-state index contributed by atoms with van der Waals surface area (Å²) in [5.74, 6) is 2.34. The van der Waals surface area contributed by atoms with Gasteiger partial charge in [-0.15, -0.1) is 24.0 Å². The first-order valence-corrected chi connectivity index (χ1v) is 10.7. The number of nitrogens with one attached hydrogen (secondary N) is 1. The molecule has 1 aliphatic heterocycles. The number of aliphatic imine (C=N–C) groups is 1. The van der Waals surface area contributed by atoms with Crippen molar-refractivity contribution in [3.8, 4) is 11.5 Å². The predicted octanol–water partition coefficient (Wildman–Crippen LogP) is 3.40. The van der Waals surface area contributed by atoms with Crippen LogP contribution in [-0.2, 0) is 11.3 Å². The summed E-state index contributed by atoms with van der Waals surface area (Å²) in [6.07, 6.45) is 0. The smallest absolute Gasteiger partial charge is 0.193 e. The Balaban J connectivity index is 0.00000363. The Hall–Kier alpha value is -2.04. The lowest BCUT2D eigenvalue weighted by atomic mass is 10.0. The molecule has 1 fully saturated rings. The van der Waals surface area contributed by atoms with Crippen molar-refractivity contribution in [2.24, 2.45) is 4.99 Å². The van der Waals surface area contributed by atoms with Crippen LogP contribution in [0.4, 0.5) is 0 Å². The molecule has 176 valence electrons. The largest absolute Gasteiger partial charge is 0.493 e. The van der Waals surface area contributed by atoms with Gasteiger partial charge in [-0.2, -0.15) is 0 Å². The summed E-state index contributed by atoms with van der Waals surface area (Å²) >= 11 is 0. The quantitative estimate of drug-likeness (QED) is 0.307. The van der Waals surface area contributed by atoms with E-state index in [1.165, 1.54) is 11.1 Å². The predicted molar refractivity (Wildman–Crippen MR) is 139 cm³/mol. The van der Waals surface area contributed by atoms with Crippen LogP contribution in [0.1, 0.15) is 17.2 Å². The standard InChI is InChI=1S/C24H34N4O3.HI/c1-27(2)24(25-17-19-8-6-5-7-9-19)26-18-21(28-12-14-31-15-13-28)20-10-11-22(29-3)23(16-20)30-4;/h5-11,16,21H,12-15,17-18H2,1-4H3,(H,25,26);1H. The molecule has 1 N–H and O–H groups in total. The summed E-state index contributed by atoms with van der Waals surface area (Å²) in [6.45, 7) is 4.62. The van der Waals surface area contributed by atoms with Crippen LogP contribution in [0.5, 0.6) is 11.5 Å². The SMILES string of the molecule is COc1ccc(C(CNC(=NCc2ccccc2)N(C)C)N2CCOCC2)cc1OC.I. The number of rotatable bonds is 8. The molecule has 0 aliphatic carbocycles. The molecular formula is C24H35IN4O3. The van der Waals surface area contributed by atoms with Gasteiger partial charge in [0.15, 0.2) is 17.5 Å². The van der Waals surface area contributed by atoms with Gasteiger partial charge in [0.1, 0.15) is 0 Å². The third-order valence-corrected chi connectivity index (χ3v) is 5.41. The Bertz CT molecular complexity index is 842. The van der Waals surface area contributed by atoms with E-state index in [9.17, 15) is 0 Å². The third-order valence-electron chi connectivity index (χ3n) is 5.41. The highest BCUT2D eigenvalue weighted by Gasteiger charge is 2.24. The van der Waals surface area contributed by atoms with E-state index in [0.717, 1.165) is 50.3 Å². The Morgan fingerprint density at radius 1 is 1.06 bits per heavy atom. The van der Waals surface area contributed by atoms with Crippen molar-refractivity contribution < 1.29 is 14.2 Å². The number of halogens is 1. The van der Waals surface area contributed by atoms with Gasteiger partial charge in [-0.3, -0.25) is 4.90 Å². The molecule has 1 unspecified atom stereocenters. The van der Waals surface area contributed by atoms with Crippen molar-refractivity contribution in [3.05, 3.63) is 59.7 Å². The van der Waals surface area contributed by atoms with E-state index < -0.39 is 0 Å². The molecule has 32 heavy (non-hydrogen) atoms. The molecule has 3 rings (SSSR count). The summed E-state index contributed by atoms with van der Waals surface area (Å²) in [7, 11) is 7.35. The second-order valence-corrected chi connectivity index (χ2v) is 7.68. The molecule has 0 saturated carbocycles. The molecule has 0 amide bonds. The number of nitrogens with zero attached hydrogens (tertiary/aromatic N) is 3. The number of hydrogen-bond donors (Lipinski definition) is 1. The lowest BCUT2D eigenvalue weighted by Crippen LogP contribution is -2.46. The van der Waals surface area contributed by atoms with Gasteiger partial charge in [0.2, 0.25) is 0 Å². The molecule has 0 aromatic heterocycles. The fourth-order valence-corrected chi connectivity index (χ4v) is 3.70. The molecular weight excluding hydrogens is 519 g/mol. The summed E-state index contributed by atoms with van der Waals surface area (Å²) < 4.78 is 16.5. The molecule has 1 atom stereocenters. The fourth-order valence-electron chi connectivity index (χ4n) is 3.70. The van der Waals surface area contributed by atoms with E-state index in [1.54, 1.807) is 14.2 Å². The Morgan fingerprint density at radius 3 is 2.38 bits per heavy atom. The monoisotopic (exact) mass is 554 g/mol. The van der Waals surface area contributed by atoms with Crippen molar-refractivity contribution in [2.75, 3.05) is 61.2 Å². The van der Waals surface area contributed by atoms with Crippen molar-refractivity contribution in [2.45, 2.75) is 12.6 Å². The normalized spacial score (nSPS) is 15.4. The van der Waals surface area contributed by atoms with Crippen LogP contribution >= 0.6 is 24.0 Å². The van der Waals surface area contributed by atoms with Gasteiger partial charge in [0.25, 0.3) is 0 Å². The van der Waals surface area contributed by atoms with Gasteiger partial charge in [-0.05, 0) is 23.3 Å². The molecule has 2 aromatic rings. The molecule has 0 bridgehead atoms. The van der Waals surface area contributed by atoms with Gasteiger partial charge in [-0.1, -0.05) is 36.4 Å². The summed E-state index contributed by atoms with van der Waals surface area (Å²) in [6, 6.07) is 16.6. The zero-order valence-electron chi connectivity index (χ0n) is 19.4. The third kappa shape index (κ3) is 7.25. The number of morpholine rings is 1. The van der Waals surface area contributed by atoms with Crippen LogP contribution in [0, 0.1) is 0 Å². The Morgan fingerprint density at radius 2 is 1.75 bits per heavy atom. The van der Waals surface area contributed by atoms with Crippen molar-refractivity contribution >= 4 is 29.9 Å². The minimum atomic E-state index is 0. The molecule has 1 saturated heterocycles. The van der Waals surface area contributed by atoms with Gasteiger partial charge < -0.3 is 24.4 Å². The number of benzene rings is 2. The fraction of sp³-hybridized carbons (Fsp3) is 0.458. The van der Waals surface area contributed by atoms with E-state index in [2.05, 4.69) is 34.5 Å². The minimum Gasteiger partial charge on any atom is -0.493 e. The lowest BCUT2D eigenvalue weighted by Gasteiger charge is -2.35. The first-order valence-electron chi connectivity index (χ1n) is 10.7. The molecule has 1 aliphatic rings. The van der Waals surface area contributed by atoms with Gasteiger partial charge in [0.05, 0.1) is 40.0 Å². The highest BCUT2D eigenvalue weighted by Crippen LogP contribution is 2.32. The summed E-state index contributed by atoms with van der Waals surface area (Å²) in [5.41, 5.74) is 2.36. The molecule has 0 radical (unpaired) electrons. The van der Waals surface area contributed by atoms with Gasteiger partial charge >= 0.3 is 0 Å². The first kappa shape index (κ1) is 26.2. The van der Waals surface area contributed by atoms with Crippen LogP contribution < -0.4 is 14.8 Å². The molecule has 7 nitrogen and oxygen atoms in total. The summed E-state index contributed by atoms with van der Waals surface area (Å²) in [4.78, 5) is 9.28. The summed E-state index contributed by atoms with van der Waals surface area (Å²) in [5, 5.41) is 3.57. The zero-order valence-corrected chi connectivity index (χ0v) is 21.7. The van der Waals surface area contributed by atoms with Crippen LogP contribution in [-0.4, -0.2) is 76.9 Å². The highest BCUT2D eigenvalue weighted by atomic mass is 127. The van der Waals surface area contributed by atoms with Gasteiger partial charge in [-0.25, -0.2) is 4.99 Å². The number of hydrogen-bond acceptors (Lipinski definition) is 5. The topological polar surface area (TPSA) is 58.6 Å². The van der Waals surface area contributed by atoms with Crippen molar-refractivity contribution in [3.63, 3.8) is 0 Å². The van der Waals surface area contributed by atoms with Gasteiger partial charge in [0, 0.05) is 33.7 Å². The van der Waals surface area contributed by atoms with Crippen LogP contribution in [0.25, 0.3) is 0 Å². The van der Waals surface area contributed by atoms with Crippen LogP contribution in [0.3, 0.4) is 0 Å². The lowest BCUT2D eigenvalue weighted by molar-refractivity contribution is 0.0169. The van der Waals surface area contributed by atoms with Crippen LogP contribution in [0.2, 0.25) is 0 Å². The second-order valence-electron chi connectivity index (χ2n) is 7.68. The maximum atomic E-state index is 5.58. The Kier molecular flexibility index (Phi) is 11.1. The first-order chi connectivity index (χ1) is 15.1. The number of ether oxygens (including phenoxy) is 3. The van der Waals surface area contributed by atoms with E-state index in [1.807, 2.05) is 43.3 Å². The highest BCUT2D eigenvalue weighted by molar-refractivity contribution is 14.0. The maximum absolute atomic E-state index is 5.58. The number of methoxy groups -OCH3 is 2. The zero-order chi connectivity index (χ0) is 22.1. The van der Waals surface area contributed by atoms with Crippen molar-refractivity contribution in [1.82, 2.24) is 15.1 Å². The van der Waals surface area contributed by atoms with E-state index in [-0.39, 0.29) is 30.0 Å². The minimum absolute atomic E-state index is 0. The van der Waals surface area contributed by atoms with Crippen LogP contribution in [0.15, 0.2) is 53.5 Å². The maximum Gasteiger partial charge on any atom is 0.193 e. The molecule has 1 heterocycles.